The summed E-state index contributed by atoms with van der Waals surface area (Å²) in [6.45, 7) is 5.69. The van der Waals surface area contributed by atoms with Crippen LogP contribution in [0.4, 0.5) is 14.6 Å². The molecular weight excluding hydrogens is 324 g/mol. The summed E-state index contributed by atoms with van der Waals surface area (Å²) < 4.78 is 28.1. The van der Waals surface area contributed by atoms with Crippen LogP contribution in [0.25, 0.3) is 11.3 Å². The van der Waals surface area contributed by atoms with Gasteiger partial charge in [-0.2, -0.15) is 5.10 Å². The average molecular weight is 339 g/mol. The van der Waals surface area contributed by atoms with E-state index in [0.29, 0.717) is 5.56 Å². The maximum Gasteiger partial charge on any atom is 0.198 e. The number of rotatable bonds is 4. The maximum absolute atomic E-state index is 13.9. The molecule has 3 rings (SSSR count). The smallest absolute Gasteiger partial charge is 0.198 e. The molecule has 0 fully saturated rings. The second-order valence-electron chi connectivity index (χ2n) is 5.64. The van der Waals surface area contributed by atoms with Crippen LogP contribution in [0.3, 0.4) is 0 Å². The van der Waals surface area contributed by atoms with Crippen molar-refractivity contribution in [2.45, 2.75) is 6.92 Å². The van der Waals surface area contributed by atoms with Crippen LogP contribution in [-0.2, 0) is 0 Å². The summed E-state index contributed by atoms with van der Waals surface area (Å²) in [4.78, 5) is 12.7. The van der Waals surface area contributed by atoms with Crippen molar-refractivity contribution in [3.63, 3.8) is 0 Å². The van der Waals surface area contributed by atoms with Gasteiger partial charge in [-0.15, -0.1) is 0 Å². The Morgan fingerprint density at radius 2 is 1.88 bits per heavy atom. The molecule has 6 heteroatoms. The molecular formula is C19H15F2N3O. The number of halogens is 2. The Hall–Kier alpha value is -3.28. The molecule has 0 aliphatic rings. The normalized spacial score (nSPS) is 10.7. The zero-order valence-electron chi connectivity index (χ0n) is 13.5. The molecule has 0 aliphatic heterocycles. The third kappa shape index (κ3) is 3.06. The van der Waals surface area contributed by atoms with E-state index in [2.05, 4.69) is 11.7 Å². The summed E-state index contributed by atoms with van der Waals surface area (Å²) in [6, 6.07) is 10.00. The summed E-state index contributed by atoms with van der Waals surface area (Å²) in [6.07, 6.45) is 1.27. The van der Waals surface area contributed by atoms with E-state index in [1.165, 1.54) is 12.3 Å². The third-order valence-corrected chi connectivity index (χ3v) is 3.81. The predicted molar refractivity (Wildman–Crippen MR) is 92.5 cm³/mol. The molecule has 1 heterocycles. The molecule has 0 aliphatic carbocycles. The Labute approximate surface area is 143 Å². The number of carbonyl (C=O) groups excluding carboxylic acids is 1. The lowest BCUT2D eigenvalue weighted by atomic mass is 10.0. The minimum absolute atomic E-state index is 0.0174. The van der Waals surface area contributed by atoms with Crippen molar-refractivity contribution in [3.8, 4) is 5.69 Å². The fraction of sp³-hybridized carbons (Fsp3) is 0.0526. The second kappa shape index (κ2) is 6.32. The molecule has 2 aromatic carbocycles. The molecule has 1 aromatic heterocycles. The summed E-state index contributed by atoms with van der Waals surface area (Å²) in [5.41, 5.74) is 8.17. The van der Waals surface area contributed by atoms with E-state index < -0.39 is 11.6 Å². The summed E-state index contributed by atoms with van der Waals surface area (Å²) >= 11 is 0. The topological polar surface area (TPSA) is 60.9 Å². The highest BCUT2D eigenvalue weighted by Gasteiger charge is 2.19. The highest BCUT2D eigenvalue weighted by Crippen LogP contribution is 2.23. The number of carbonyl (C=O) groups is 1. The Kier molecular flexibility index (Phi) is 4.19. The van der Waals surface area contributed by atoms with Crippen LogP contribution in [0.5, 0.6) is 0 Å². The average Bonchev–Trinajstić information content (AvgIpc) is 2.96. The van der Waals surface area contributed by atoms with E-state index >= 15 is 0 Å². The van der Waals surface area contributed by atoms with Crippen LogP contribution < -0.4 is 5.73 Å². The first-order valence-corrected chi connectivity index (χ1v) is 7.48. The minimum atomic E-state index is -0.821. The molecule has 0 amide bonds. The maximum atomic E-state index is 13.9. The summed E-state index contributed by atoms with van der Waals surface area (Å²) in [5, 5.41) is 3.97. The number of nitrogen functional groups attached to an aromatic ring is 1. The molecule has 0 saturated carbocycles. The van der Waals surface area contributed by atoms with E-state index in [9.17, 15) is 13.6 Å². The van der Waals surface area contributed by atoms with Crippen LogP contribution in [-0.4, -0.2) is 15.6 Å². The zero-order chi connectivity index (χ0) is 18.1. The van der Waals surface area contributed by atoms with Gasteiger partial charge < -0.3 is 5.73 Å². The first-order chi connectivity index (χ1) is 11.9. The van der Waals surface area contributed by atoms with E-state index in [0.717, 1.165) is 28.0 Å². The quantitative estimate of drug-likeness (QED) is 0.731. The van der Waals surface area contributed by atoms with Crippen molar-refractivity contribution >= 4 is 17.2 Å². The Morgan fingerprint density at radius 1 is 1.16 bits per heavy atom. The second-order valence-corrected chi connectivity index (χ2v) is 5.64. The van der Waals surface area contributed by atoms with Gasteiger partial charge in [-0.05, 0) is 30.7 Å². The fourth-order valence-electron chi connectivity index (χ4n) is 2.46. The number of nitrogens with zero attached hydrogens (tertiary/aromatic N) is 2. The number of hydrogen-bond acceptors (Lipinski definition) is 3. The van der Waals surface area contributed by atoms with Crippen LogP contribution in [0, 0.1) is 11.6 Å². The molecule has 0 spiro atoms. The van der Waals surface area contributed by atoms with Gasteiger partial charge >= 0.3 is 0 Å². The molecule has 0 radical (unpaired) electrons. The number of hydrogen-bond donors (Lipinski definition) is 1. The van der Waals surface area contributed by atoms with Crippen LogP contribution in [0.2, 0.25) is 0 Å². The largest absolute Gasteiger partial charge is 0.383 e. The van der Waals surface area contributed by atoms with E-state index in [-0.39, 0.29) is 22.9 Å². The molecule has 25 heavy (non-hydrogen) atoms. The summed E-state index contributed by atoms with van der Waals surface area (Å²) in [5.74, 6) is -1.89. The number of benzene rings is 2. The number of nitrogens with two attached hydrogens (primary N) is 1. The van der Waals surface area contributed by atoms with Crippen molar-refractivity contribution in [1.29, 1.82) is 0 Å². The van der Waals surface area contributed by atoms with Gasteiger partial charge in [-0.3, -0.25) is 4.79 Å². The molecule has 3 aromatic rings. The van der Waals surface area contributed by atoms with Gasteiger partial charge in [0.25, 0.3) is 0 Å². The third-order valence-electron chi connectivity index (χ3n) is 3.81. The molecule has 0 bridgehead atoms. The van der Waals surface area contributed by atoms with Gasteiger partial charge in [-0.1, -0.05) is 30.4 Å². The summed E-state index contributed by atoms with van der Waals surface area (Å²) in [7, 11) is 0. The minimum Gasteiger partial charge on any atom is -0.383 e. The molecule has 4 nitrogen and oxygen atoms in total. The number of anilines is 1. The highest BCUT2D eigenvalue weighted by atomic mass is 19.1. The van der Waals surface area contributed by atoms with Crippen molar-refractivity contribution in [2.24, 2.45) is 0 Å². The Balaban J connectivity index is 2.02. The lowest BCUT2D eigenvalue weighted by molar-refractivity contribution is 0.103. The first kappa shape index (κ1) is 16.6. The standard InChI is InChI=1S/C19H15F2N3O/c1-11(2)12-4-3-5-13(8-12)18(25)15-10-23-24(19(15)22)17-7-6-14(20)9-16(17)21/h3-10H,1,22H2,2H3. The zero-order valence-corrected chi connectivity index (χ0v) is 13.5. The van der Waals surface area contributed by atoms with Gasteiger partial charge in [0.2, 0.25) is 0 Å². The fourth-order valence-corrected chi connectivity index (χ4v) is 2.46. The van der Waals surface area contributed by atoms with Gasteiger partial charge in [-0.25, -0.2) is 13.5 Å². The SMILES string of the molecule is C=C(C)c1cccc(C(=O)c2cnn(-c3ccc(F)cc3F)c2N)c1. The Bertz CT molecular complexity index is 992. The van der Waals surface area contributed by atoms with Gasteiger partial charge in [0, 0.05) is 11.6 Å². The van der Waals surface area contributed by atoms with Gasteiger partial charge in [0.15, 0.2) is 11.6 Å². The van der Waals surface area contributed by atoms with Crippen molar-refractivity contribution in [2.75, 3.05) is 5.73 Å². The van der Waals surface area contributed by atoms with Crippen molar-refractivity contribution in [1.82, 2.24) is 9.78 Å². The van der Waals surface area contributed by atoms with Crippen molar-refractivity contribution < 1.29 is 13.6 Å². The van der Waals surface area contributed by atoms with E-state index in [1.807, 2.05) is 13.0 Å². The lowest BCUT2D eigenvalue weighted by Gasteiger charge is -2.07. The molecule has 2 N–H and O–H groups in total. The molecule has 0 atom stereocenters. The van der Waals surface area contributed by atoms with E-state index in [4.69, 9.17) is 5.73 Å². The number of allylic oxidation sites excluding steroid dienone is 1. The van der Waals surface area contributed by atoms with Crippen LogP contribution in [0.1, 0.15) is 28.4 Å². The van der Waals surface area contributed by atoms with Gasteiger partial charge in [0.1, 0.15) is 17.3 Å². The Morgan fingerprint density at radius 3 is 2.56 bits per heavy atom. The molecule has 126 valence electrons. The van der Waals surface area contributed by atoms with Crippen LogP contribution in [0.15, 0.2) is 55.2 Å². The lowest BCUT2D eigenvalue weighted by Crippen LogP contribution is -2.08. The molecule has 0 unspecified atom stereocenters. The predicted octanol–water partition coefficient (Wildman–Crippen LogP) is 4.00. The first-order valence-electron chi connectivity index (χ1n) is 7.48. The number of aromatic nitrogens is 2. The monoisotopic (exact) mass is 339 g/mol. The van der Waals surface area contributed by atoms with Gasteiger partial charge in [0.05, 0.1) is 11.8 Å². The molecule has 0 saturated heterocycles. The van der Waals surface area contributed by atoms with Crippen molar-refractivity contribution in [3.05, 3.63) is 83.6 Å². The van der Waals surface area contributed by atoms with E-state index in [1.54, 1.807) is 18.2 Å². The highest BCUT2D eigenvalue weighted by molar-refractivity contribution is 6.12. The van der Waals surface area contributed by atoms with Crippen LogP contribution >= 0.6 is 0 Å². The number of ketones is 1.